The number of carbonyl (C=O) groups is 3. The van der Waals surface area contributed by atoms with Gasteiger partial charge in [0.1, 0.15) is 13.2 Å². The molecule has 0 heterocycles. The van der Waals surface area contributed by atoms with Crippen molar-refractivity contribution < 1.29 is 28.6 Å². The molecule has 0 N–H and O–H groups in total. The molecule has 0 amide bonds. The Bertz CT molecular complexity index is 1150. The van der Waals surface area contributed by atoms with E-state index in [0.29, 0.717) is 19.3 Å². The zero-order valence-electron chi connectivity index (χ0n) is 48.0. The average Bonchev–Trinajstić information content (AvgIpc) is 3.37. The standard InChI is InChI=1S/C65H122O6/c1-4-7-10-13-16-19-21-23-25-26-27-28-29-30-31-32-33-34-35-36-37-38-39-40-41-43-44-46-49-52-55-58-64(67)70-61-62(60-69-63(66)57-54-51-48-18-15-12-9-6-3)71-65(68)59-56-53-50-47-45-42-24-22-20-17-14-11-8-5-2/h21,23,26-27,62H,4-20,22,24-25,28-61H2,1-3H3/b23-21-,27-26-. The summed E-state index contributed by atoms with van der Waals surface area (Å²) in [6.07, 6.45) is 72.2. The first-order valence-corrected chi connectivity index (χ1v) is 31.8. The van der Waals surface area contributed by atoms with Gasteiger partial charge >= 0.3 is 17.9 Å². The molecular formula is C65H122O6. The number of hydrogen-bond donors (Lipinski definition) is 0. The fourth-order valence-electron chi connectivity index (χ4n) is 9.65. The molecule has 0 saturated heterocycles. The second-order valence-corrected chi connectivity index (χ2v) is 21.7. The Hall–Kier alpha value is -2.11. The van der Waals surface area contributed by atoms with Crippen LogP contribution in [0, 0.1) is 0 Å². The van der Waals surface area contributed by atoms with Crippen molar-refractivity contribution >= 4 is 17.9 Å². The molecule has 0 aromatic carbocycles. The Morgan fingerprint density at radius 1 is 0.282 bits per heavy atom. The van der Waals surface area contributed by atoms with Crippen molar-refractivity contribution in [1.82, 2.24) is 0 Å². The van der Waals surface area contributed by atoms with Crippen molar-refractivity contribution in [2.24, 2.45) is 0 Å². The molecule has 71 heavy (non-hydrogen) atoms. The number of rotatable bonds is 59. The Labute approximate surface area is 443 Å². The molecule has 0 aliphatic carbocycles. The van der Waals surface area contributed by atoms with Gasteiger partial charge in [-0.15, -0.1) is 0 Å². The van der Waals surface area contributed by atoms with E-state index in [2.05, 4.69) is 45.1 Å². The van der Waals surface area contributed by atoms with E-state index < -0.39 is 6.10 Å². The summed E-state index contributed by atoms with van der Waals surface area (Å²) < 4.78 is 16.8. The number of unbranched alkanes of at least 4 members (excludes halogenated alkanes) is 44. The molecule has 6 nitrogen and oxygen atoms in total. The van der Waals surface area contributed by atoms with Crippen LogP contribution in [0.3, 0.4) is 0 Å². The summed E-state index contributed by atoms with van der Waals surface area (Å²) in [6, 6.07) is 0. The van der Waals surface area contributed by atoms with Gasteiger partial charge in [-0.05, 0) is 51.4 Å². The van der Waals surface area contributed by atoms with Crippen molar-refractivity contribution in [3.63, 3.8) is 0 Å². The first kappa shape index (κ1) is 68.9. The maximum Gasteiger partial charge on any atom is 0.306 e. The van der Waals surface area contributed by atoms with Crippen LogP contribution in [-0.4, -0.2) is 37.2 Å². The lowest BCUT2D eigenvalue weighted by Crippen LogP contribution is -2.30. The molecule has 6 heteroatoms. The first-order valence-electron chi connectivity index (χ1n) is 31.8. The van der Waals surface area contributed by atoms with Crippen LogP contribution >= 0.6 is 0 Å². The average molecular weight is 1000 g/mol. The van der Waals surface area contributed by atoms with Gasteiger partial charge in [-0.3, -0.25) is 14.4 Å². The van der Waals surface area contributed by atoms with E-state index in [1.165, 1.54) is 250 Å². The van der Waals surface area contributed by atoms with E-state index in [4.69, 9.17) is 14.2 Å². The highest BCUT2D eigenvalue weighted by Gasteiger charge is 2.19. The van der Waals surface area contributed by atoms with Gasteiger partial charge in [0.2, 0.25) is 0 Å². The van der Waals surface area contributed by atoms with Crippen LogP contribution in [0.15, 0.2) is 24.3 Å². The minimum Gasteiger partial charge on any atom is -0.462 e. The molecule has 0 saturated carbocycles. The van der Waals surface area contributed by atoms with E-state index in [-0.39, 0.29) is 31.1 Å². The predicted octanol–water partition coefficient (Wildman–Crippen LogP) is 21.4. The summed E-state index contributed by atoms with van der Waals surface area (Å²) in [7, 11) is 0. The second kappa shape index (κ2) is 60.4. The molecule has 0 aliphatic rings. The normalized spacial score (nSPS) is 12.1. The SMILES string of the molecule is CCCCCCC/C=C\C/C=C\CCCCCCCCCCCCCCCCCCCCCC(=O)OCC(COC(=O)CCCCCCCCCC)OC(=O)CCCCCCCCCCCCCCCC. The quantitative estimate of drug-likeness (QED) is 0.0261. The third-order valence-corrected chi connectivity index (χ3v) is 14.5. The molecule has 0 radical (unpaired) electrons. The molecule has 0 aliphatic heterocycles. The summed E-state index contributed by atoms with van der Waals surface area (Å²) >= 11 is 0. The Morgan fingerprint density at radius 3 is 0.775 bits per heavy atom. The van der Waals surface area contributed by atoms with Gasteiger partial charge in [0.25, 0.3) is 0 Å². The highest BCUT2D eigenvalue weighted by molar-refractivity contribution is 5.71. The second-order valence-electron chi connectivity index (χ2n) is 21.7. The van der Waals surface area contributed by atoms with E-state index >= 15 is 0 Å². The number of esters is 3. The van der Waals surface area contributed by atoms with Crippen LogP contribution in [0.4, 0.5) is 0 Å². The molecular weight excluding hydrogens is 877 g/mol. The van der Waals surface area contributed by atoms with Crippen molar-refractivity contribution in [1.29, 1.82) is 0 Å². The van der Waals surface area contributed by atoms with Crippen molar-refractivity contribution in [2.45, 2.75) is 361 Å². The van der Waals surface area contributed by atoms with Crippen LogP contribution in [0.2, 0.25) is 0 Å². The zero-order valence-corrected chi connectivity index (χ0v) is 48.0. The molecule has 1 atom stereocenters. The largest absolute Gasteiger partial charge is 0.462 e. The van der Waals surface area contributed by atoms with Crippen LogP contribution < -0.4 is 0 Å². The number of ether oxygens (including phenoxy) is 3. The maximum atomic E-state index is 12.8. The third-order valence-electron chi connectivity index (χ3n) is 14.5. The monoisotopic (exact) mass is 999 g/mol. The number of allylic oxidation sites excluding steroid dienone is 4. The van der Waals surface area contributed by atoms with E-state index in [1.807, 2.05) is 0 Å². The molecule has 418 valence electrons. The summed E-state index contributed by atoms with van der Waals surface area (Å²) in [5, 5.41) is 0. The molecule has 1 unspecified atom stereocenters. The minimum absolute atomic E-state index is 0.0643. The highest BCUT2D eigenvalue weighted by atomic mass is 16.6. The predicted molar refractivity (Wildman–Crippen MR) is 307 cm³/mol. The van der Waals surface area contributed by atoms with Crippen LogP contribution in [-0.2, 0) is 28.6 Å². The molecule has 0 spiro atoms. The van der Waals surface area contributed by atoms with Crippen molar-refractivity contribution in [3.05, 3.63) is 24.3 Å². The first-order chi connectivity index (χ1) is 35.0. The van der Waals surface area contributed by atoms with Crippen LogP contribution in [0.25, 0.3) is 0 Å². The van der Waals surface area contributed by atoms with Crippen molar-refractivity contribution in [3.8, 4) is 0 Å². The molecule has 0 aromatic heterocycles. The topological polar surface area (TPSA) is 78.9 Å². The third kappa shape index (κ3) is 58.7. The van der Waals surface area contributed by atoms with Gasteiger partial charge in [-0.1, -0.05) is 308 Å². The van der Waals surface area contributed by atoms with Gasteiger partial charge in [-0.25, -0.2) is 0 Å². The molecule has 0 aromatic rings. The van der Waals surface area contributed by atoms with Gasteiger partial charge in [0, 0.05) is 19.3 Å². The van der Waals surface area contributed by atoms with Gasteiger partial charge < -0.3 is 14.2 Å². The fourth-order valence-corrected chi connectivity index (χ4v) is 9.65. The lowest BCUT2D eigenvalue weighted by atomic mass is 10.0. The Kier molecular flexibility index (Phi) is 58.6. The maximum absolute atomic E-state index is 12.8. The summed E-state index contributed by atoms with van der Waals surface area (Å²) in [5.74, 6) is -0.845. The highest BCUT2D eigenvalue weighted by Crippen LogP contribution is 2.18. The summed E-state index contributed by atoms with van der Waals surface area (Å²) in [4.78, 5) is 38.0. The van der Waals surface area contributed by atoms with Crippen molar-refractivity contribution in [2.75, 3.05) is 13.2 Å². The van der Waals surface area contributed by atoms with E-state index in [0.717, 1.165) is 64.2 Å². The van der Waals surface area contributed by atoms with Crippen LogP contribution in [0.1, 0.15) is 355 Å². The summed E-state index contributed by atoms with van der Waals surface area (Å²) in [6.45, 7) is 6.65. The molecule has 0 rings (SSSR count). The van der Waals surface area contributed by atoms with E-state index in [1.54, 1.807) is 0 Å². The number of hydrogen-bond acceptors (Lipinski definition) is 6. The zero-order chi connectivity index (χ0) is 51.4. The molecule has 0 bridgehead atoms. The molecule has 0 fully saturated rings. The lowest BCUT2D eigenvalue weighted by Gasteiger charge is -2.18. The van der Waals surface area contributed by atoms with Crippen LogP contribution in [0.5, 0.6) is 0 Å². The van der Waals surface area contributed by atoms with E-state index in [9.17, 15) is 14.4 Å². The van der Waals surface area contributed by atoms with Gasteiger partial charge in [-0.2, -0.15) is 0 Å². The smallest absolute Gasteiger partial charge is 0.306 e. The van der Waals surface area contributed by atoms with Gasteiger partial charge in [0.15, 0.2) is 6.10 Å². The number of carbonyl (C=O) groups excluding carboxylic acids is 3. The van der Waals surface area contributed by atoms with Gasteiger partial charge in [0.05, 0.1) is 0 Å². The summed E-state index contributed by atoms with van der Waals surface area (Å²) in [5.41, 5.74) is 0. The fraction of sp³-hybridized carbons (Fsp3) is 0.892. The Morgan fingerprint density at radius 2 is 0.507 bits per heavy atom. The lowest BCUT2D eigenvalue weighted by molar-refractivity contribution is -0.167. The Balaban J connectivity index is 3.99. The minimum atomic E-state index is -0.763.